The minimum Gasteiger partial charge on any atom is -0.452 e. The molecule has 0 spiro atoms. The summed E-state index contributed by atoms with van der Waals surface area (Å²) >= 11 is 0. The van der Waals surface area contributed by atoms with Crippen molar-refractivity contribution in [2.24, 2.45) is 0 Å². The number of amides is 1. The highest BCUT2D eigenvalue weighted by Gasteiger charge is 2.22. The van der Waals surface area contributed by atoms with Crippen molar-refractivity contribution in [2.45, 2.75) is 24.8 Å². The van der Waals surface area contributed by atoms with Gasteiger partial charge in [0.1, 0.15) is 0 Å². The normalized spacial score (nSPS) is 11.6. The van der Waals surface area contributed by atoms with Gasteiger partial charge in [-0.05, 0) is 32.0 Å². The summed E-state index contributed by atoms with van der Waals surface area (Å²) in [6.45, 7) is 3.12. The molecular weight excluding hydrogens is 324 g/mol. The van der Waals surface area contributed by atoms with Crippen LogP contribution in [0.25, 0.3) is 0 Å². The SMILES string of the molecule is CON(C)S(=O)(=O)c1cccc(C(=O)OCC(=O)NC(C)C)c1. The molecule has 0 saturated heterocycles. The van der Waals surface area contributed by atoms with Gasteiger partial charge in [0, 0.05) is 13.1 Å². The Bertz CT molecular complexity index is 672. The first-order chi connectivity index (χ1) is 10.7. The van der Waals surface area contributed by atoms with E-state index in [2.05, 4.69) is 10.2 Å². The Hall–Kier alpha value is -1.97. The van der Waals surface area contributed by atoms with Gasteiger partial charge in [0.2, 0.25) is 0 Å². The van der Waals surface area contributed by atoms with Crippen LogP contribution in [0.5, 0.6) is 0 Å². The molecule has 1 aromatic rings. The van der Waals surface area contributed by atoms with E-state index in [0.717, 1.165) is 6.07 Å². The van der Waals surface area contributed by atoms with Crippen LogP contribution in [0, 0.1) is 0 Å². The van der Waals surface area contributed by atoms with Gasteiger partial charge in [-0.3, -0.25) is 9.63 Å². The van der Waals surface area contributed by atoms with Gasteiger partial charge in [-0.1, -0.05) is 10.5 Å². The predicted molar refractivity (Wildman–Crippen MR) is 82.0 cm³/mol. The Morgan fingerprint density at radius 3 is 2.52 bits per heavy atom. The lowest BCUT2D eigenvalue weighted by molar-refractivity contribution is -0.124. The van der Waals surface area contributed by atoms with Gasteiger partial charge in [-0.2, -0.15) is 0 Å². The first-order valence-corrected chi connectivity index (χ1v) is 8.22. The number of sulfonamides is 1. The quantitative estimate of drug-likeness (QED) is 0.572. The third-order valence-electron chi connectivity index (χ3n) is 2.75. The highest BCUT2D eigenvalue weighted by Crippen LogP contribution is 2.16. The van der Waals surface area contributed by atoms with E-state index in [9.17, 15) is 18.0 Å². The number of benzene rings is 1. The number of hydrogen-bond acceptors (Lipinski definition) is 6. The topological polar surface area (TPSA) is 102 Å². The van der Waals surface area contributed by atoms with Gasteiger partial charge in [0.05, 0.1) is 17.6 Å². The van der Waals surface area contributed by atoms with Gasteiger partial charge in [-0.15, -0.1) is 0 Å². The van der Waals surface area contributed by atoms with Crippen molar-refractivity contribution in [1.82, 2.24) is 9.79 Å². The minimum absolute atomic E-state index is 0.0212. The molecule has 1 aromatic carbocycles. The zero-order chi connectivity index (χ0) is 17.6. The summed E-state index contributed by atoms with van der Waals surface area (Å²) in [5.74, 6) is -1.22. The second-order valence-electron chi connectivity index (χ2n) is 4.92. The molecule has 9 heteroatoms. The van der Waals surface area contributed by atoms with Gasteiger partial charge in [-0.25, -0.2) is 13.2 Å². The zero-order valence-corrected chi connectivity index (χ0v) is 14.2. The summed E-state index contributed by atoms with van der Waals surface area (Å²) in [6.07, 6.45) is 0. The molecule has 0 heterocycles. The highest BCUT2D eigenvalue weighted by molar-refractivity contribution is 7.89. The lowest BCUT2D eigenvalue weighted by atomic mass is 10.2. The zero-order valence-electron chi connectivity index (χ0n) is 13.4. The van der Waals surface area contributed by atoms with Crippen molar-refractivity contribution in [1.29, 1.82) is 0 Å². The van der Waals surface area contributed by atoms with E-state index in [0.29, 0.717) is 4.47 Å². The Labute approximate surface area is 135 Å². The molecule has 1 rings (SSSR count). The fourth-order valence-corrected chi connectivity index (χ4v) is 2.63. The molecule has 0 aliphatic rings. The number of rotatable bonds is 7. The number of nitrogens with one attached hydrogen (secondary N) is 1. The molecule has 23 heavy (non-hydrogen) atoms. The van der Waals surface area contributed by atoms with Crippen LogP contribution < -0.4 is 5.32 Å². The molecule has 1 amide bonds. The van der Waals surface area contributed by atoms with Gasteiger partial charge < -0.3 is 10.1 Å². The maximum Gasteiger partial charge on any atom is 0.338 e. The van der Waals surface area contributed by atoms with Crippen molar-refractivity contribution >= 4 is 21.9 Å². The summed E-state index contributed by atoms with van der Waals surface area (Å²) in [6, 6.07) is 5.22. The lowest BCUT2D eigenvalue weighted by Crippen LogP contribution is -2.34. The summed E-state index contributed by atoms with van der Waals surface area (Å²) in [5.41, 5.74) is 0.0212. The van der Waals surface area contributed by atoms with E-state index < -0.39 is 28.5 Å². The average Bonchev–Trinajstić information content (AvgIpc) is 2.51. The molecule has 0 aromatic heterocycles. The Kier molecular flexibility index (Phi) is 6.67. The van der Waals surface area contributed by atoms with E-state index in [-0.39, 0.29) is 16.5 Å². The van der Waals surface area contributed by atoms with Crippen molar-refractivity contribution in [3.63, 3.8) is 0 Å². The van der Waals surface area contributed by atoms with Crippen LogP contribution in [-0.4, -0.2) is 51.6 Å². The first-order valence-electron chi connectivity index (χ1n) is 6.78. The summed E-state index contributed by atoms with van der Waals surface area (Å²) in [4.78, 5) is 27.9. The number of hydrogen-bond donors (Lipinski definition) is 1. The molecule has 0 bridgehead atoms. The Balaban J connectivity index is 2.84. The van der Waals surface area contributed by atoms with Crippen molar-refractivity contribution < 1.29 is 27.6 Å². The van der Waals surface area contributed by atoms with Crippen LogP contribution in [0.2, 0.25) is 0 Å². The molecular formula is C14H20N2O6S. The molecule has 0 atom stereocenters. The van der Waals surface area contributed by atoms with Crippen LogP contribution >= 0.6 is 0 Å². The Morgan fingerprint density at radius 1 is 1.30 bits per heavy atom. The third kappa shape index (κ3) is 5.31. The first kappa shape index (κ1) is 19.1. The molecule has 1 N–H and O–H groups in total. The fraction of sp³-hybridized carbons (Fsp3) is 0.429. The predicted octanol–water partition coefficient (Wildman–Crippen LogP) is 0.550. The third-order valence-corrected chi connectivity index (χ3v) is 4.42. The molecule has 8 nitrogen and oxygen atoms in total. The average molecular weight is 344 g/mol. The Morgan fingerprint density at radius 2 is 1.96 bits per heavy atom. The molecule has 0 aliphatic heterocycles. The fourth-order valence-electron chi connectivity index (χ4n) is 1.61. The van der Waals surface area contributed by atoms with E-state index >= 15 is 0 Å². The number of hydroxylamine groups is 1. The van der Waals surface area contributed by atoms with Crippen molar-refractivity contribution in [3.8, 4) is 0 Å². The second kappa shape index (κ2) is 8.04. The second-order valence-corrected chi connectivity index (χ2v) is 6.86. The van der Waals surface area contributed by atoms with Gasteiger partial charge in [0.15, 0.2) is 6.61 Å². The van der Waals surface area contributed by atoms with Crippen LogP contribution in [0.1, 0.15) is 24.2 Å². The number of ether oxygens (including phenoxy) is 1. The van der Waals surface area contributed by atoms with E-state index in [1.54, 1.807) is 13.8 Å². The van der Waals surface area contributed by atoms with Crippen LogP contribution in [0.3, 0.4) is 0 Å². The van der Waals surface area contributed by atoms with E-state index in [1.165, 1.54) is 32.4 Å². The standard InChI is InChI=1S/C14H20N2O6S/c1-10(2)15-13(17)9-22-14(18)11-6-5-7-12(8-11)23(19,20)16(3)21-4/h5-8,10H,9H2,1-4H3,(H,15,17). The summed E-state index contributed by atoms with van der Waals surface area (Å²) in [7, 11) is -1.42. The molecule has 0 radical (unpaired) electrons. The van der Waals surface area contributed by atoms with Gasteiger partial charge >= 0.3 is 5.97 Å². The van der Waals surface area contributed by atoms with Crippen molar-refractivity contribution in [3.05, 3.63) is 29.8 Å². The molecule has 0 aliphatic carbocycles. The smallest absolute Gasteiger partial charge is 0.338 e. The summed E-state index contributed by atoms with van der Waals surface area (Å²) < 4.78 is 29.7. The van der Waals surface area contributed by atoms with E-state index in [4.69, 9.17) is 4.74 Å². The number of carbonyl (C=O) groups excluding carboxylic acids is 2. The maximum absolute atomic E-state index is 12.1. The molecule has 0 unspecified atom stereocenters. The number of nitrogens with zero attached hydrogens (tertiary/aromatic N) is 1. The van der Waals surface area contributed by atoms with Crippen LogP contribution in [0.15, 0.2) is 29.2 Å². The monoisotopic (exact) mass is 344 g/mol. The minimum atomic E-state index is -3.87. The lowest BCUT2D eigenvalue weighted by Gasteiger charge is -2.14. The molecule has 0 fully saturated rings. The van der Waals surface area contributed by atoms with Crippen molar-refractivity contribution in [2.75, 3.05) is 20.8 Å². The largest absolute Gasteiger partial charge is 0.452 e. The maximum atomic E-state index is 12.1. The van der Waals surface area contributed by atoms with Gasteiger partial charge in [0.25, 0.3) is 15.9 Å². The summed E-state index contributed by atoms with van der Waals surface area (Å²) in [5, 5.41) is 2.57. The van der Waals surface area contributed by atoms with E-state index in [1.807, 2.05) is 0 Å². The molecule has 0 saturated carbocycles. The molecule has 128 valence electrons. The number of esters is 1. The number of carbonyl (C=O) groups is 2. The van der Waals surface area contributed by atoms with Crippen LogP contribution in [0.4, 0.5) is 0 Å². The highest BCUT2D eigenvalue weighted by atomic mass is 32.2. The van der Waals surface area contributed by atoms with Crippen LogP contribution in [-0.2, 0) is 24.4 Å².